The quantitative estimate of drug-likeness (QED) is 0.871. The third-order valence-electron chi connectivity index (χ3n) is 3.64. The molecule has 1 aliphatic carbocycles. The van der Waals surface area contributed by atoms with E-state index in [9.17, 15) is 5.11 Å². The van der Waals surface area contributed by atoms with Crippen LogP contribution < -0.4 is 4.74 Å². The van der Waals surface area contributed by atoms with Crippen LogP contribution in [0.4, 0.5) is 0 Å². The summed E-state index contributed by atoms with van der Waals surface area (Å²) in [5.74, 6) is 0.658. The predicted octanol–water partition coefficient (Wildman–Crippen LogP) is 2.08. The van der Waals surface area contributed by atoms with Gasteiger partial charge in [0.15, 0.2) is 0 Å². The second kappa shape index (κ2) is 5.02. The molecule has 1 heterocycles. The summed E-state index contributed by atoms with van der Waals surface area (Å²) in [6.07, 6.45) is 6.64. The maximum atomic E-state index is 10.5. The number of hydrogen-bond donors (Lipinski definition) is 1. The van der Waals surface area contributed by atoms with Crippen LogP contribution in [-0.2, 0) is 4.74 Å². The van der Waals surface area contributed by atoms with Crippen molar-refractivity contribution in [3.05, 3.63) is 24.0 Å². The fourth-order valence-electron chi connectivity index (χ4n) is 2.56. The van der Waals surface area contributed by atoms with E-state index in [4.69, 9.17) is 9.47 Å². The highest BCUT2D eigenvalue weighted by Gasteiger charge is 2.41. The van der Waals surface area contributed by atoms with Crippen LogP contribution in [0, 0.1) is 0 Å². The van der Waals surface area contributed by atoms with Crippen LogP contribution in [0.5, 0.6) is 5.75 Å². The van der Waals surface area contributed by atoms with E-state index in [0.717, 1.165) is 31.2 Å². The lowest BCUT2D eigenvalue weighted by Crippen LogP contribution is -2.35. The Labute approximate surface area is 102 Å². The first-order valence-corrected chi connectivity index (χ1v) is 5.94. The number of nitrogens with zero attached hydrogens (tertiary/aromatic N) is 1. The Kier molecular flexibility index (Phi) is 3.64. The van der Waals surface area contributed by atoms with E-state index in [1.165, 1.54) is 0 Å². The van der Waals surface area contributed by atoms with Gasteiger partial charge < -0.3 is 14.6 Å². The molecule has 1 N–H and O–H groups in total. The largest absolute Gasteiger partial charge is 0.495 e. The zero-order chi connectivity index (χ0) is 12.3. The number of pyridine rings is 1. The van der Waals surface area contributed by atoms with Gasteiger partial charge in [0.05, 0.1) is 18.9 Å². The number of methoxy groups -OCH3 is 2. The highest BCUT2D eigenvalue weighted by Crippen LogP contribution is 2.42. The minimum absolute atomic E-state index is 0.450. The topological polar surface area (TPSA) is 51.6 Å². The Morgan fingerprint density at radius 1 is 1.29 bits per heavy atom. The van der Waals surface area contributed by atoms with Crippen LogP contribution in [0.2, 0.25) is 0 Å². The zero-order valence-corrected chi connectivity index (χ0v) is 10.3. The number of rotatable bonds is 4. The van der Waals surface area contributed by atoms with Gasteiger partial charge in [-0.1, -0.05) is 12.8 Å². The second-order valence-corrected chi connectivity index (χ2v) is 4.54. The van der Waals surface area contributed by atoms with Gasteiger partial charge in [0.1, 0.15) is 11.9 Å². The molecule has 0 saturated heterocycles. The zero-order valence-electron chi connectivity index (χ0n) is 10.3. The second-order valence-electron chi connectivity index (χ2n) is 4.54. The van der Waals surface area contributed by atoms with Gasteiger partial charge in [-0.15, -0.1) is 0 Å². The molecule has 4 heteroatoms. The Morgan fingerprint density at radius 2 is 2.00 bits per heavy atom. The predicted molar refractivity (Wildman–Crippen MR) is 64.0 cm³/mol. The summed E-state index contributed by atoms with van der Waals surface area (Å²) in [5.41, 5.74) is 0.307. The van der Waals surface area contributed by atoms with Gasteiger partial charge in [-0.3, -0.25) is 4.98 Å². The number of hydrogen-bond acceptors (Lipinski definition) is 4. The molecule has 94 valence electrons. The van der Waals surface area contributed by atoms with Crippen molar-refractivity contribution in [3.63, 3.8) is 0 Å². The van der Waals surface area contributed by atoms with Crippen LogP contribution in [0.1, 0.15) is 37.4 Å². The van der Waals surface area contributed by atoms with E-state index in [1.54, 1.807) is 26.6 Å². The number of aliphatic hydroxyl groups excluding tert-OH is 1. The monoisotopic (exact) mass is 237 g/mol. The first-order chi connectivity index (χ1) is 8.22. The molecule has 0 radical (unpaired) electrons. The molecule has 17 heavy (non-hydrogen) atoms. The third kappa shape index (κ3) is 2.28. The molecule has 0 aromatic carbocycles. The van der Waals surface area contributed by atoms with Crippen molar-refractivity contribution in [2.75, 3.05) is 14.2 Å². The van der Waals surface area contributed by atoms with Gasteiger partial charge >= 0.3 is 0 Å². The number of ether oxygens (including phenoxy) is 2. The van der Waals surface area contributed by atoms with Crippen molar-refractivity contribution < 1.29 is 14.6 Å². The molecule has 1 aromatic heterocycles. The number of aliphatic hydroxyl groups is 1. The fourth-order valence-corrected chi connectivity index (χ4v) is 2.56. The highest BCUT2D eigenvalue weighted by molar-refractivity contribution is 5.27. The molecule has 2 rings (SSSR count). The fraction of sp³-hybridized carbons (Fsp3) is 0.615. The molecular formula is C13H19NO3. The Hall–Kier alpha value is -1.13. The molecule has 1 saturated carbocycles. The van der Waals surface area contributed by atoms with Crippen molar-refractivity contribution in [2.24, 2.45) is 0 Å². The molecule has 1 unspecified atom stereocenters. The van der Waals surface area contributed by atoms with Crippen molar-refractivity contribution in [1.82, 2.24) is 4.98 Å². The van der Waals surface area contributed by atoms with Crippen molar-refractivity contribution in [1.29, 1.82) is 0 Å². The van der Waals surface area contributed by atoms with Crippen LogP contribution in [0.15, 0.2) is 18.5 Å². The number of aromatic nitrogens is 1. The van der Waals surface area contributed by atoms with Crippen LogP contribution in [0.3, 0.4) is 0 Å². The lowest BCUT2D eigenvalue weighted by atomic mass is 9.90. The summed E-state index contributed by atoms with van der Waals surface area (Å²) in [5, 5.41) is 10.5. The maximum absolute atomic E-state index is 10.5. The first kappa shape index (κ1) is 12.3. The van der Waals surface area contributed by atoms with Gasteiger partial charge in [-0.2, -0.15) is 0 Å². The summed E-state index contributed by atoms with van der Waals surface area (Å²) >= 11 is 0. The summed E-state index contributed by atoms with van der Waals surface area (Å²) in [7, 11) is 3.26. The standard InChI is InChI=1S/C13H19NO3/c1-16-11-7-10(8-14-9-11)12(15)13(17-2)5-3-4-6-13/h7-9,12,15H,3-6H2,1-2H3. The molecule has 4 nitrogen and oxygen atoms in total. The third-order valence-corrected chi connectivity index (χ3v) is 3.64. The Morgan fingerprint density at radius 3 is 2.59 bits per heavy atom. The normalized spacial score (nSPS) is 20.2. The minimum atomic E-state index is -0.641. The summed E-state index contributed by atoms with van der Waals surface area (Å²) in [4.78, 5) is 4.07. The molecule has 1 aromatic rings. The van der Waals surface area contributed by atoms with Crippen LogP contribution in [-0.4, -0.2) is 29.9 Å². The van der Waals surface area contributed by atoms with Crippen molar-refractivity contribution in [3.8, 4) is 5.75 Å². The van der Waals surface area contributed by atoms with Gasteiger partial charge in [0.25, 0.3) is 0 Å². The average molecular weight is 237 g/mol. The highest BCUT2D eigenvalue weighted by atomic mass is 16.5. The molecule has 0 spiro atoms. The van der Waals surface area contributed by atoms with E-state index in [1.807, 2.05) is 6.07 Å². The van der Waals surface area contributed by atoms with Gasteiger partial charge in [-0.05, 0) is 18.9 Å². The summed E-state index contributed by atoms with van der Waals surface area (Å²) in [6.45, 7) is 0. The lowest BCUT2D eigenvalue weighted by molar-refractivity contribution is -0.100. The first-order valence-electron chi connectivity index (χ1n) is 5.94. The van der Waals surface area contributed by atoms with Crippen LogP contribution >= 0.6 is 0 Å². The average Bonchev–Trinajstić information content (AvgIpc) is 2.88. The maximum Gasteiger partial charge on any atom is 0.137 e. The summed E-state index contributed by atoms with van der Waals surface area (Å²) in [6, 6.07) is 1.82. The van der Waals surface area contributed by atoms with Gasteiger partial charge in [0, 0.05) is 18.9 Å². The Bertz CT molecular complexity index is 375. The lowest BCUT2D eigenvalue weighted by Gasteiger charge is -2.33. The SMILES string of the molecule is COc1cncc(C(O)C2(OC)CCCC2)c1. The van der Waals surface area contributed by atoms with Crippen molar-refractivity contribution >= 4 is 0 Å². The van der Waals surface area contributed by atoms with Gasteiger partial charge in [-0.25, -0.2) is 0 Å². The van der Waals surface area contributed by atoms with E-state index in [-0.39, 0.29) is 0 Å². The van der Waals surface area contributed by atoms with E-state index >= 15 is 0 Å². The van der Waals surface area contributed by atoms with E-state index in [0.29, 0.717) is 5.75 Å². The molecule has 1 atom stereocenters. The molecular weight excluding hydrogens is 218 g/mol. The minimum Gasteiger partial charge on any atom is -0.495 e. The van der Waals surface area contributed by atoms with E-state index in [2.05, 4.69) is 4.98 Å². The molecule has 0 amide bonds. The summed E-state index contributed by atoms with van der Waals surface area (Å²) < 4.78 is 10.7. The van der Waals surface area contributed by atoms with Gasteiger partial charge in [0.2, 0.25) is 0 Å². The Balaban J connectivity index is 2.25. The smallest absolute Gasteiger partial charge is 0.137 e. The molecule has 1 fully saturated rings. The molecule has 0 bridgehead atoms. The van der Waals surface area contributed by atoms with E-state index < -0.39 is 11.7 Å². The van der Waals surface area contributed by atoms with Crippen LogP contribution in [0.25, 0.3) is 0 Å². The molecule has 0 aliphatic heterocycles. The molecule has 1 aliphatic rings. The van der Waals surface area contributed by atoms with Crippen molar-refractivity contribution in [2.45, 2.75) is 37.4 Å².